The van der Waals surface area contributed by atoms with Gasteiger partial charge in [-0.05, 0) is 49.9 Å². The zero-order valence-electron chi connectivity index (χ0n) is 18.5. The summed E-state index contributed by atoms with van der Waals surface area (Å²) >= 11 is 0. The Hall–Kier alpha value is -4.51. The molecule has 2 rings (SSSR count). The molecule has 33 heavy (non-hydrogen) atoms. The number of hydrogen-bond acceptors (Lipinski definition) is 6. The lowest BCUT2D eigenvalue weighted by atomic mass is 9.94. The molecule has 1 aromatic rings. The molecule has 0 spiro atoms. The van der Waals surface area contributed by atoms with Crippen molar-refractivity contribution in [2.24, 2.45) is 5.11 Å². The van der Waals surface area contributed by atoms with Crippen LogP contribution in [0.2, 0.25) is 0 Å². The zero-order chi connectivity index (χ0) is 24.3. The first-order valence-electron chi connectivity index (χ1n) is 10.3. The number of nitrogens with zero attached hydrogens (tertiary/aromatic N) is 6. The molecule has 1 aliphatic rings. The number of allylic oxidation sites excluding steroid dienone is 2. The monoisotopic (exact) mass is 441 g/mol. The molecule has 166 valence electrons. The molecule has 1 amide bonds. The van der Waals surface area contributed by atoms with Crippen molar-refractivity contribution in [2.45, 2.75) is 45.1 Å². The largest absolute Gasteiger partial charge is 0.480 e. The fourth-order valence-electron chi connectivity index (χ4n) is 3.25. The Morgan fingerprint density at radius 2 is 1.85 bits per heavy atom. The van der Waals surface area contributed by atoms with Crippen LogP contribution in [0.25, 0.3) is 16.5 Å². The Morgan fingerprint density at radius 3 is 2.45 bits per heavy atom. The molecule has 9 nitrogen and oxygen atoms in total. The molecule has 0 atom stereocenters. The van der Waals surface area contributed by atoms with Crippen molar-refractivity contribution < 1.29 is 9.53 Å². The van der Waals surface area contributed by atoms with Crippen molar-refractivity contribution in [3.63, 3.8) is 0 Å². The summed E-state index contributed by atoms with van der Waals surface area (Å²) < 4.78 is 5.74. The Balaban J connectivity index is 2.05. The molecule has 0 radical (unpaired) electrons. The van der Waals surface area contributed by atoms with Crippen LogP contribution in [0.3, 0.4) is 0 Å². The van der Waals surface area contributed by atoms with Crippen LogP contribution < -0.4 is 5.32 Å². The van der Waals surface area contributed by atoms with Crippen LogP contribution in [-0.4, -0.2) is 18.1 Å². The molecule has 0 saturated carbocycles. The maximum atomic E-state index is 12.1. The molecule has 1 aliphatic heterocycles. The number of carbonyl (C=O) groups is 1. The summed E-state index contributed by atoms with van der Waals surface area (Å²) in [5.41, 5.74) is 9.36. The van der Waals surface area contributed by atoms with Crippen LogP contribution in [0.1, 0.15) is 45.1 Å². The molecule has 0 saturated heterocycles. The second-order valence-corrected chi connectivity index (χ2v) is 7.71. The summed E-state index contributed by atoms with van der Waals surface area (Å²) in [6.07, 6.45) is 6.23. The van der Waals surface area contributed by atoms with Crippen molar-refractivity contribution >= 4 is 17.7 Å². The van der Waals surface area contributed by atoms with Crippen LogP contribution in [0.4, 0.5) is 5.69 Å². The minimum atomic E-state index is -0.870. The van der Waals surface area contributed by atoms with Crippen molar-refractivity contribution in [3.05, 3.63) is 68.8 Å². The van der Waals surface area contributed by atoms with Crippen molar-refractivity contribution in [2.75, 3.05) is 11.9 Å². The fourth-order valence-corrected chi connectivity index (χ4v) is 3.25. The van der Waals surface area contributed by atoms with Gasteiger partial charge in [0, 0.05) is 29.1 Å². The van der Waals surface area contributed by atoms with Gasteiger partial charge in [-0.3, -0.25) is 4.79 Å². The number of unbranched alkanes of at least 4 members (excludes halogenated alkanes) is 2. The number of hydrogen-bond donors (Lipinski definition) is 1. The summed E-state index contributed by atoms with van der Waals surface area (Å²) in [6.45, 7) is 3.97. The summed E-state index contributed by atoms with van der Waals surface area (Å²) in [6, 6.07) is 12.8. The summed E-state index contributed by atoms with van der Waals surface area (Å²) in [5, 5.41) is 34.2. The van der Waals surface area contributed by atoms with Gasteiger partial charge in [0.05, 0.1) is 0 Å². The normalized spacial score (nSPS) is 14.0. The van der Waals surface area contributed by atoms with Crippen LogP contribution in [-0.2, 0) is 9.53 Å². The number of nitriles is 3. The number of benzene rings is 1. The van der Waals surface area contributed by atoms with Gasteiger partial charge in [-0.2, -0.15) is 15.8 Å². The van der Waals surface area contributed by atoms with E-state index in [-0.39, 0.29) is 22.8 Å². The quantitative estimate of drug-likeness (QED) is 0.177. The summed E-state index contributed by atoms with van der Waals surface area (Å²) in [4.78, 5) is 14.7. The van der Waals surface area contributed by atoms with Crippen LogP contribution in [0, 0.1) is 34.0 Å². The predicted molar refractivity (Wildman–Crippen MR) is 123 cm³/mol. The number of ether oxygens (including phenoxy) is 1. The SMILES string of the molecule is CC1(C)OC(=C(C#N)C#N)C(C#N)=C1/C=C/c1ccc(NC(=O)CCCCCN=[N+]=[N-])cc1. The van der Waals surface area contributed by atoms with E-state index < -0.39 is 5.60 Å². The first-order valence-corrected chi connectivity index (χ1v) is 10.3. The minimum absolute atomic E-state index is 0.00278. The number of amides is 1. The summed E-state index contributed by atoms with van der Waals surface area (Å²) in [5.74, 6) is -0.0798. The Kier molecular flexibility index (Phi) is 8.83. The lowest BCUT2D eigenvalue weighted by Gasteiger charge is -2.20. The molecular formula is C24H23N7O2. The molecule has 9 heteroatoms. The van der Waals surface area contributed by atoms with Gasteiger partial charge in [-0.1, -0.05) is 35.8 Å². The second-order valence-electron chi connectivity index (χ2n) is 7.71. The smallest absolute Gasteiger partial charge is 0.224 e. The standard InChI is InChI=1S/C24H23N7O2/c1-24(2)21(20(16-27)23(33-24)18(14-25)15-26)12-9-17-7-10-19(11-8-17)30-22(32)6-4-3-5-13-29-31-28/h7-12H,3-6,13H2,1-2H3,(H,30,32)/b12-9+. The van der Waals surface area contributed by atoms with Crippen LogP contribution >= 0.6 is 0 Å². The average molecular weight is 441 g/mol. The van der Waals surface area contributed by atoms with Gasteiger partial charge in [0.25, 0.3) is 0 Å². The van der Waals surface area contributed by atoms with Gasteiger partial charge in [-0.25, -0.2) is 0 Å². The van der Waals surface area contributed by atoms with Gasteiger partial charge in [0.1, 0.15) is 29.4 Å². The highest BCUT2D eigenvalue weighted by Crippen LogP contribution is 2.40. The third kappa shape index (κ3) is 6.74. The Morgan fingerprint density at radius 1 is 1.15 bits per heavy atom. The Labute approximate surface area is 192 Å². The van der Waals surface area contributed by atoms with E-state index in [1.54, 1.807) is 50.3 Å². The molecule has 0 bridgehead atoms. The van der Waals surface area contributed by atoms with E-state index in [9.17, 15) is 10.1 Å². The molecule has 0 aromatic heterocycles. The zero-order valence-corrected chi connectivity index (χ0v) is 18.5. The number of rotatable bonds is 9. The molecule has 1 N–H and O–H groups in total. The molecule has 0 fully saturated rings. The van der Waals surface area contributed by atoms with E-state index in [0.29, 0.717) is 24.2 Å². The van der Waals surface area contributed by atoms with Gasteiger partial charge >= 0.3 is 0 Å². The van der Waals surface area contributed by atoms with Gasteiger partial charge < -0.3 is 10.1 Å². The first-order chi connectivity index (χ1) is 15.9. The lowest BCUT2D eigenvalue weighted by molar-refractivity contribution is -0.116. The topological polar surface area (TPSA) is 158 Å². The molecule has 1 heterocycles. The summed E-state index contributed by atoms with van der Waals surface area (Å²) in [7, 11) is 0. The van der Waals surface area contributed by atoms with Crippen molar-refractivity contribution in [1.29, 1.82) is 15.8 Å². The van der Waals surface area contributed by atoms with E-state index in [1.807, 2.05) is 18.2 Å². The van der Waals surface area contributed by atoms with E-state index in [2.05, 4.69) is 15.3 Å². The third-order valence-corrected chi connectivity index (χ3v) is 4.93. The van der Waals surface area contributed by atoms with Crippen LogP contribution in [0.15, 0.2) is 57.9 Å². The molecule has 1 aromatic carbocycles. The first kappa shape index (κ1) is 24.8. The van der Waals surface area contributed by atoms with E-state index in [4.69, 9.17) is 20.8 Å². The van der Waals surface area contributed by atoms with Crippen molar-refractivity contribution in [1.82, 2.24) is 0 Å². The van der Waals surface area contributed by atoms with E-state index in [0.717, 1.165) is 24.8 Å². The third-order valence-electron chi connectivity index (χ3n) is 4.93. The number of carbonyl (C=O) groups excluding carboxylic acids is 1. The average Bonchev–Trinajstić information content (AvgIpc) is 3.05. The van der Waals surface area contributed by atoms with Gasteiger partial charge in [-0.15, -0.1) is 0 Å². The molecule has 0 unspecified atom stereocenters. The van der Waals surface area contributed by atoms with E-state index >= 15 is 0 Å². The van der Waals surface area contributed by atoms with Crippen molar-refractivity contribution in [3.8, 4) is 18.2 Å². The Bertz CT molecular complexity index is 1150. The highest BCUT2D eigenvalue weighted by Gasteiger charge is 2.38. The fraction of sp³-hybridized carbons (Fsp3) is 0.333. The number of azide groups is 1. The predicted octanol–water partition coefficient (Wildman–Crippen LogP) is 5.44. The molecular weight excluding hydrogens is 418 g/mol. The van der Waals surface area contributed by atoms with E-state index in [1.165, 1.54) is 0 Å². The van der Waals surface area contributed by atoms with Gasteiger partial charge in [0.15, 0.2) is 11.3 Å². The highest BCUT2D eigenvalue weighted by atomic mass is 16.5. The number of anilines is 1. The lowest BCUT2D eigenvalue weighted by Crippen LogP contribution is -2.20. The minimum Gasteiger partial charge on any atom is -0.480 e. The maximum absolute atomic E-state index is 12.1. The number of nitrogens with one attached hydrogen (secondary N) is 1. The van der Waals surface area contributed by atoms with Crippen LogP contribution in [0.5, 0.6) is 0 Å². The highest BCUT2D eigenvalue weighted by molar-refractivity contribution is 5.90. The molecule has 0 aliphatic carbocycles. The second kappa shape index (κ2) is 11.8. The maximum Gasteiger partial charge on any atom is 0.224 e. The van der Waals surface area contributed by atoms with Gasteiger partial charge in [0.2, 0.25) is 5.91 Å².